The number of carbonyl (C=O) groups excluding carboxylic acids is 1. The van der Waals surface area contributed by atoms with E-state index >= 15 is 0 Å². The Morgan fingerprint density at radius 3 is 0.552 bits per heavy atom. The molecule has 16 heteroatoms. The number of carbonyl (C=O) groups is 1. The molecule has 3 aromatic heterocycles. The van der Waals surface area contributed by atoms with Gasteiger partial charge in [-0.05, 0) is 259 Å². The fraction of sp³-hybridized carbons (Fsp3) is 0.415. The number of ether oxygens (including phenoxy) is 7. The Morgan fingerprint density at radius 2 is 0.373 bits per heavy atom. The molecule has 10 aromatic carbocycles. The second-order valence-electron chi connectivity index (χ2n) is 49.5. The number of esters is 1. The summed E-state index contributed by atoms with van der Waals surface area (Å²) >= 11 is 0. The van der Waals surface area contributed by atoms with Crippen LogP contribution in [-0.4, -0.2) is 45.8 Å². The van der Waals surface area contributed by atoms with Crippen LogP contribution in [0, 0.1) is 0 Å². The van der Waals surface area contributed by atoms with Crippen molar-refractivity contribution >= 4 is 50.1 Å². The predicted octanol–water partition coefficient (Wildman–Crippen LogP) is 33.1. The number of aromatic nitrogens is 8. The van der Waals surface area contributed by atoms with Crippen LogP contribution in [0.25, 0.3) is 89.7 Å². The smallest absolute Gasteiger partial charge is 0.308 e. The first-order valence-corrected chi connectivity index (χ1v) is 47.3. The highest BCUT2D eigenvalue weighted by molar-refractivity contribution is 6.08. The molecule has 5 heterocycles. The zero-order chi connectivity index (χ0) is 97.9. The van der Waals surface area contributed by atoms with Crippen LogP contribution in [0.4, 0.5) is 0 Å². The molecule has 2 aliphatic heterocycles. The van der Waals surface area contributed by atoms with Crippen molar-refractivity contribution in [1.29, 1.82) is 0 Å². The molecule has 16 nitrogen and oxygen atoms in total. The van der Waals surface area contributed by atoms with Gasteiger partial charge in [0.05, 0.1) is 0 Å². The molecule has 2 aliphatic rings. The summed E-state index contributed by atoms with van der Waals surface area (Å²) in [5.74, 6) is 7.05. The van der Waals surface area contributed by atoms with Gasteiger partial charge >= 0.3 is 5.97 Å². The first kappa shape index (κ1) is 96.4. The molecule has 8 bridgehead atoms. The van der Waals surface area contributed by atoms with Gasteiger partial charge < -0.3 is 43.1 Å². The summed E-state index contributed by atoms with van der Waals surface area (Å²) in [5, 5.41) is 2.40. The number of H-pyrrole nitrogens is 2. The third-order valence-corrected chi connectivity index (χ3v) is 25.5. The van der Waals surface area contributed by atoms with E-state index in [0.29, 0.717) is 141 Å². The third-order valence-electron chi connectivity index (χ3n) is 25.5. The van der Waals surface area contributed by atoms with E-state index in [4.69, 9.17) is 63.1 Å². The van der Waals surface area contributed by atoms with Crippen molar-refractivity contribution in [3.63, 3.8) is 0 Å². The van der Waals surface area contributed by atoms with Gasteiger partial charge in [-0.3, -0.25) is 4.79 Å². The van der Waals surface area contributed by atoms with Gasteiger partial charge in [0.15, 0.2) is 57.8 Å². The van der Waals surface area contributed by atoms with Crippen molar-refractivity contribution in [2.24, 2.45) is 0 Å². The second-order valence-corrected chi connectivity index (χ2v) is 49.5. The van der Waals surface area contributed by atoms with Crippen molar-refractivity contribution in [2.75, 3.05) is 0 Å². The standard InChI is InChI=1S/C118H140N8O8/c1-65(127)128-78-38-39-85-86(58-78)100-119-99(85)120-101-87-59-93(129-79-46-66(107(2,3)4)40-67(47-79)108(5,6)7)94(130-80-48-68(109(8,9)10)41-69(49-80)110(11,12)13)60-88(87)103(122-101)124-105-91-63-97(133-83-54-74(115(26,27)28)44-75(55-83)116(29,30)31)98(134-84-56-76(117(32,33)34)45-77(57-84)118(35,36)37)64-92(91)106(126-105)125-104-90-62-96(132-82-52-72(113(20,21)22)43-73(53-82)114(23,24)25)95(61-89(90)102(121-100)123-104)131-81-50-70(111(14,15)16)42-71(51-81)112(17,18)19/h38-64H,1-37H3,(H2,119,120,121,122,123,124,125,126). The summed E-state index contributed by atoms with van der Waals surface area (Å²) in [4.78, 5) is 54.9. The van der Waals surface area contributed by atoms with Crippen molar-refractivity contribution in [3.05, 3.63) is 231 Å². The Bertz CT molecular complexity index is 6860. The van der Waals surface area contributed by atoms with Gasteiger partial charge in [-0.1, -0.05) is 286 Å². The molecule has 0 saturated heterocycles. The lowest BCUT2D eigenvalue weighted by atomic mass is 9.80. The Balaban J connectivity index is 1.11. The van der Waals surface area contributed by atoms with Crippen molar-refractivity contribution < 1.29 is 38.0 Å². The molecular weight excluding hydrogens is 1660 g/mol. The average molecular weight is 1800 g/mol. The molecule has 0 atom stereocenters. The first-order valence-electron chi connectivity index (χ1n) is 47.3. The Morgan fingerprint density at radius 1 is 0.201 bits per heavy atom. The molecule has 700 valence electrons. The predicted molar refractivity (Wildman–Crippen MR) is 551 cm³/mol. The maximum atomic E-state index is 13.1. The van der Waals surface area contributed by atoms with E-state index in [0.717, 1.165) is 66.8 Å². The molecule has 0 radical (unpaired) electrons. The van der Waals surface area contributed by atoms with E-state index in [1.54, 1.807) is 12.1 Å². The van der Waals surface area contributed by atoms with Crippen LogP contribution in [0.5, 0.6) is 74.7 Å². The fourth-order valence-corrected chi connectivity index (χ4v) is 16.4. The Kier molecular flexibility index (Phi) is 24.0. The van der Waals surface area contributed by atoms with Gasteiger partial charge in [0.2, 0.25) is 0 Å². The molecule has 0 fully saturated rings. The number of hydrogen-bond acceptors (Lipinski definition) is 14. The zero-order valence-corrected chi connectivity index (χ0v) is 86.5. The molecular formula is C118H140N8O8. The molecule has 0 saturated carbocycles. The number of hydrogen-bond donors (Lipinski definition) is 2. The van der Waals surface area contributed by atoms with Gasteiger partial charge in [0, 0.05) is 50.7 Å². The summed E-state index contributed by atoms with van der Waals surface area (Å²) in [7, 11) is 0. The van der Waals surface area contributed by atoms with Crippen molar-refractivity contribution in [3.8, 4) is 120 Å². The molecule has 0 amide bonds. The third kappa shape index (κ3) is 20.9. The van der Waals surface area contributed by atoms with Crippen LogP contribution < -0.4 is 33.2 Å². The first-order chi connectivity index (χ1) is 61.6. The van der Waals surface area contributed by atoms with E-state index < -0.39 is 5.97 Å². The highest BCUT2D eigenvalue weighted by atomic mass is 16.5. The van der Waals surface area contributed by atoms with Crippen LogP contribution in [0.15, 0.2) is 164 Å². The lowest BCUT2D eigenvalue weighted by Crippen LogP contribution is -2.16. The summed E-state index contributed by atoms with van der Waals surface area (Å²) in [6.45, 7) is 81.5. The lowest BCUT2D eigenvalue weighted by molar-refractivity contribution is -0.131. The van der Waals surface area contributed by atoms with Crippen LogP contribution in [0.3, 0.4) is 0 Å². The highest BCUT2D eigenvalue weighted by Gasteiger charge is 2.35. The van der Waals surface area contributed by atoms with Gasteiger partial charge in [-0.25, -0.2) is 29.9 Å². The maximum absolute atomic E-state index is 13.1. The number of rotatable bonds is 13. The Labute approximate surface area is 795 Å². The number of aromatic amines is 2. The molecule has 0 unspecified atom stereocenters. The van der Waals surface area contributed by atoms with E-state index in [-0.39, 0.29) is 88.3 Å². The SMILES string of the molecule is CC(=O)Oc1ccc2c3nc4nc(nc5[nH]c(nc6nc(nc([nH]3)c2c1)-c1cc(Oc2cc(C(C)(C)C)cc(C(C)(C)C)c2)c(Oc2cc(C(C)(C)C)cc(C(C)(C)C)c2)cc1-6)c1cc(Oc2cc(C(C)(C)C)cc(C(C)(C)C)c2)c(Oc2cc(C(C)(C)C)cc(C(C)(C)C)c2)cc51)-c1cc(Oc2cc(C(C)(C)C)cc(C(C)(C)C)c2)c(Oc2cc(C(C)(C)C)cc(C(C)(C)C)c2)cc1-4. The molecule has 2 N–H and O–H groups in total. The monoisotopic (exact) mass is 1800 g/mol. The topological polar surface area (TPSA) is 191 Å². The van der Waals surface area contributed by atoms with Crippen LogP contribution in [-0.2, 0) is 69.8 Å². The normalized spacial score (nSPS) is 13.3. The Hall–Kier alpha value is -12.2. The van der Waals surface area contributed by atoms with Gasteiger partial charge in [-0.15, -0.1) is 0 Å². The second kappa shape index (κ2) is 33.4. The van der Waals surface area contributed by atoms with E-state index in [2.05, 4.69) is 368 Å². The fourth-order valence-electron chi connectivity index (χ4n) is 16.4. The highest BCUT2D eigenvalue weighted by Crippen LogP contribution is 2.53. The van der Waals surface area contributed by atoms with Crippen LogP contribution in [0.1, 0.15) is 323 Å². The van der Waals surface area contributed by atoms with Gasteiger partial charge in [0.1, 0.15) is 62.8 Å². The largest absolute Gasteiger partial charge is 0.453 e. The lowest BCUT2D eigenvalue weighted by Gasteiger charge is -2.27. The van der Waals surface area contributed by atoms with Crippen LogP contribution >= 0.6 is 0 Å². The molecule has 13 aromatic rings. The maximum Gasteiger partial charge on any atom is 0.308 e. The van der Waals surface area contributed by atoms with E-state index in [1.165, 1.54) is 6.92 Å². The number of benzene rings is 10. The summed E-state index contributed by atoms with van der Waals surface area (Å²) in [6.07, 6.45) is 0. The van der Waals surface area contributed by atoms with Crippen molar-refractivity contribution in [1.82, 2.24) is 39.9 Å². The minimum atomic E-state index is -0.495. The summed E-state index contributed by atoms with van der Waals surface area (Å²) in [6, 6.07) is 56.7. The van der Waals surface area contributed by atoms with Crippen molar-refractivity contribution in [2.45, 2.75) is 321 Å². The van der Waals surface area contributed by atoms with Gasteiger partial charge in [0.25, 0.3) is 0 Å². The molecule has 0 aliphatic carbocycles. The number of nitrogens with one attached hydrogen (secondary N) is 2. The summed E-state index contributed by atoms with van der Waals surface area (Å²) < 4.78 is 51.0. The van der Waals surface area contributed by atoms with Gasteiger partial charge in [-0.2, -0.15) is 0 Å². The average Bonchev–Trinajstić information content (AvgIpc) is 1.56. The van der Waals surface area contributed by atoms with E-state index in [9.17, 15) is 4.79 Å². The minimum Gasteiger partial charge on any atom is -0.453 e. The molecule has 15 rings (SSSR count). The van der Waals surface area contributed by atoms with E-state index in [1.807, 2.05) is 42.5 Å². The quantitative estimate of drug-likeness (QED) is 0.0819. The number of nitrogens with zero attached hydrogens (tertiary/aromatic N) is 6. The van der Waals surface area contributed by atoms with Crippen LogP contribution in [0.2, 0.25) is 0 Å². The molecule has 0 spiro atoms. The summed E-state index contributed by atoms with van der Waals surface area (Å²) in [5.41, 5.74) is 13.9. The minimum absolute atomic E-state index is 0.256. The molecule has 134 heavy (non-hydrogen) atoms. The zero-order valence-electron chi connectivity index (χ0n) is 86.5. The number of fused-ring (bicyclic) bond motifs is 20.